The van der Waals surface area contributed by atoms with Crippen LogP contribution in [-0.4, -0.2) is 44.9 Å². The van der Waals surface area contributed by atoms with Crippen molar-refractivity contribution in [2.45, 2.75) is 84.5 Å². The molecular weight excluding hydrogens is 470 g/mol. The molecular formula is C29H43NO5Si. The van der Waals surface area contributed by atoms with Crippen molar-refractivity contribution < 1.29 is 23.9 Å². The van der Waals surface area contributed by atoms with Gasteiger partial charge in [-0.2, -0.15) is 0 Å². The molecule has 6 nitrogen and oxygen atoms in total. The van der Waals surface area contributed by atoms with Crippen LogP contribution in [0.15, 0.2) is 60.7 Å². The van der Waals surface area contributed by atoms with E-state index in [4.69, 9.17) is 9.16 Å². The number of carboxylic acid groups (broad SMARTS) is 1. The smallest absolute Gasteiger partial charge is 0.407 e. The van der Waals surface area contributed by atoms with Crippen LogP contribution in [0.2, 0.25) is 0 Å². The van der Waals surface area contributed by atoms with Gasteiger partial charge >= 0.3 is 12.1 Å². The minimum absolute atomic E-state index is 0.0998. The van der Waals surface area contributed by atoms with Gasteiger partial charge in [0.2, 0.25) is 0 Å². The highest BCUT2D eigenvalue weighted by atomic mass is 28.2. The molecule has 2 aromatic carbocycles. The van der Waals surface area contributed by atoms with Crippen LogP contribution in [-0.2, 0) is 26.8 Å². The molecule has 0 saturated carbocycles. The molecule has 0 aliphatic heterocycles. The number of carbonyl (C=O) groups excluding carboxylic acids is 1. The molecule has 1 amide bonds. The Morgan fingerprint density at radius 2 is 1.42 bits per heavy atom. The van der Waals surface area contributed by atoms with E-state index in [2.05, 4.69) is 26.1 Å². The lowest BCUT2D eigenvalue weighted by molar-refractivity contribution is -0.157. The number of alkyl carbamates (subject to hydrolysis) is 1. The van der Waals surface area contributed by atoms with Crippen molar-refractivity contribution in [2.24, 2.45) is 11.3 Å². The second kappa shape index (κ2) is 12.5. The third-order valence-corrected chi connectivity index (χ3v) is 6.93. The molecule has 0 aliphatic carbocycles. The number of rotatable bonds is 11. The van der Waals surface area contributed by atoms with Crippen LogP contribution in [0.3, 0.4) is 0 Å². The zero-order valence-corrected chi connectivity index (χ0v) is 24.8. The normalized spacial score (nSPS) is 15.5. The van der Waals surface area contributed by atoms with Gasteiger partial charge in [0.1, 0.15) is 16.1 Å². The van der Waals surface area contributed by atoms with E-state index in [1.807, 2.05) is 81.4 Å². The summed E-state index contributed by atoms with van der Waals surface area (Å²) in [6.45, 7) is 11.9. The molecule has 2 aromatic rings. The van der Waals surface area contributed by atoms with Crippen molar-refractivity contribution in [1.29, 1.82) is 0 Å². The summed E-state index contributed by atoms with van der Waals surface area (Å²) in [5, 5.41) is 13.5. The van der Waals surface area contributed by atoms with Gasteiger partial charge in [-0.3, -0.25) is 0 Å². The van der Waals surface area contributed by atoms with E-state index in [9.17, 15) is 14.7 Å². The van der Waals surface area contributed by atoms with Crippen LogP contribution in [0, 0.1) is 11.3 Å². The summed E-state index contributed by atoms with van der Waals surface area (Å²) >= 11 is 0. The van der Waals surface area contributed by atoms with Crippen LogP contribution in [0.5, 0.6) is 0 Å². The van der Waals surface area contributed by atoms with Gasteiger partial charge in [-0.15, -0.1) is 0 Å². The first-order valence-corrected chi connectivity index (χ1v) is 13.4. The quantitative estimate of drug-likeness (QED) is 0.416. The molecule has 0 unspecified atom stereocenters. The van der Waals surface area contributed by atoms with E-state index in [1.54, 1.807) is 0 Å². The number of ether oxygens (including phenoxy) is 1. The fourth-order valence-corrected chi connectivity index (χ4v) is 5.12. The summed E-state index contributed by atoms with van der Waals surface area (Å²) in [6.07, 6.45) is 1.29. The van der Waals surface area contributed by atoms with Crippen LogP contribution >= 0.6 is 0 Å². The first-order chi connectivity index (χ1) is 16.7. The number of aliphatic carboxylic acids is 1. The predicted octanol–water partition coefficient (Wildman–Crippen LogP) is 4.93. The second-order valence-electron chi connectivity index (χ2n) is 11.8. The molecule has 3 atom stereocenters. The summed E-state index contributed by atoms with van der Waals surface area (Å²) < 4.78 is 11.5. The topological polar surface area (TPSA) is 84.9 Å². The van der Waals surface area contributed by atoms with Gasteiger partial charge in [0, 0.05) is 12.5 Å². The Kier molecular flexibility index (Phi) is 10.3. The lowest BCUT2D eigenvalue weighted by Crippen LogP contribution is -2.51. The second-order valence-corrected chi connectivity index (χ2v) is 12.2. The zero-order valence-electron chi connectivity index (χ0n) is 22.8. The van der Waals surface area contributed by atoms with Crippen molar-refractivity contribution in [2.75, 3.05) is 0 Å². The highest BCUT2D eigenvalue weighted by Gasteiger charge is 2.43. The van der Waals surface area contributed by atoms with Gasteiger partial charge < -0.3 is 19.6 Å². The molecule has 0 aliphatic rings. The number of benzene rings is 2. The fourth-order valence-electron chi connectivity index (χ4n) is 4.63. The van der Waals surface area contributed by atoms with E-state index in [0.717, 1.165) is 11.1 Å². The van der Waals surface area contributed by atoms with Gasteiger partial charge in [0.05, 0.1) is 0 Å². The number of nitrogens with one attached hydrogen (secondary N) is 1. The summed E-state index contributed by atoms with van der Waals surface area (Å²) in [7, 11) is 0.275. The summed E-state index contributed by atoms with van der Waals surface area (Å²) in [5.41, 5.74) is -0.152. The van der Waals surface area contributed by atoms with Crippen LogP contribution in [0.25, 0.3) is 0 Å². The molecule has 36 heavy (non-hydrogen) atoms. The molecule has 7 heteroatoms. The average molecular weight is 514 g/mol. The molecule has 0 spiro atoms. The maximum Gasteiger partial charge on any atom is 0.407 e. The highest BCUT2D eigenvalue weighted by Crippen LogP contribution is 2.36. The Morgan fingerprint density at radius 1 is 0.889 bits per heavy atom. The number of carbonyl (C=O) groups is 2. The lowest BCUT2D eigenvalue weighted by atomic mass is 9.73. The van der Waals surface area contributed by atoms with Crippen molar-refractivity contribution >= 4 is 22.5 Å². The van der Waals surface area contributed by atoms with E-state index >= 15 is 0 Å². The molecule has 0 bridgehead atoms. The standard InChI is InChI=1S/C29H43NO5Si/c1-27(2,3)19-23(20-29(35-36,25(31)32)18-22-15-11-8-12-16-22)24(17-21-13-9-7-10-14-21)30-26(33)34-28(4,5)6/h7-16,23-24H,17-20H2,1-6,36H3,(H,30,33)(H,31,32)/t23-,24-,29-/m0/s1. The monoisotopic (exact) mass is 513 g/mol. The third kappa shape index (κ3) is 9.78. The van der Waals surface area contributed by atoms with Crippen molar-refractivity contribution in [3.8, 4) is 0 Å². The third-order valence-electron chi connectivity index (χ3n) is 6.15. The number of carboxylic acids is 1. The molecule has 2 N–H and O–H groups in total. The van der Waals surface area contributed by atoms with Crippen LogP contribution in [0.1, 0.15) is 65.5 Å². The minimum atomic E-state index is -1.38. The molecule has 0 saturated heterocycles. The van der Waals surface area contributed by atoms with E-state index in [1.165, 1.54) is 0 Å². The van der Waals surface area contributed by atoms with Gasteiger partial charge in [0.25, 0.3) is 0 Å². The van der Waals surface area contributed by atoms with Gasteiger partial charge in [-0.05, 0) is 62.5 Å². The summed E-state index contributed by atoms with van der Waals surface area (Å²) in [5.74, 6) is -1.15. The Labute approximate surface area is 219 Å². The van der Waals surface area contributed by atoms with Gasteiger partial charge in [-0.1, -0.05) is 81.4 Å². The van der Waals surface area contributed by atoms with Gasteiger partial charge in [0.15, 0.2) is 5.60 Å². The Bertz CT molecular complexity index is 969. The van der Waals surface area contributed by atoms with Crippen LogP contribution < -0.4 is 5.32 Å². The largest absolute Gasteiger partial charge is 0.479 e. The Balaban J connectivity index is 2.48. The molecule has 0 heterocycles. The van der Waals surface area contributed by atoms with Crippen molar-refractivity contribution in [3.05, 3.63) is 71.8 Å². The lowest BCUT2D eigenvalue weighted by Gasteiger charge is -2.39. The van der Waals surface area contributed by atoms with E-state index in [-0.39, 0.29) is 40.7 Å². The molecule has 0 aromatic heterocycles. The maximum absolute atomic E-state index is 12.9. The summed E-state index contributed by atoms with van der Waals surface area (Å²) in [6, 6.07) is 19.2. The number of hydrogen-bond donors (Lipinski definition) is 2. The zero-order chi connectivity index (χ0) is 27.0. The first-order valence-electron chi connectivity index (χ1n) is 12.6. The molecule has 0 fully saturated rings. The van der Waals surface area contributed by atoms with Crippen LogP contribution in [0.4, 0.5) is 4.79 Å². The first kappa shape index (κ1) is 29.6. The molecule has 198 valence electrons. The van der Waals surface area contributed by atoms with E-state index < -0.39 is 23.3 Å². The fraction of sp³-hybridized carbons (Fsp3) is 0.517. The minimum Gasteiger partial charge on any atom is -0.479 e. The maximum atomic E-state index is 12.9. The highest BCUT2D eigenvalue weighted by molar-refractivity contribution is 6.00. The SMILES string of the molecule is CC(C)(C)C[C@@H](C[C@](Cc1ccccc1)(O[SiH3])C(=O)O)[C@H](Cc1ccccc1)NC(=O)OC(C)(C)C. The number of amides is 1. The Hall–Kier alpha value is -2.64. The van der Waals surface area contributed by atoms with Crippen molar-refractivity contribution in [3.63, 3.8) is 0 Å². The number of hydrogen-bond acceptors (Lipinski definition) is 4. The van der Waals surface area contributed by atoms with Gasteiger partial charge in [-0.25, -0.2) is 9.59 Å². The predicted molar refractivity (Wildman–Crippen MR) is 147 cm³/mol. The molecule has 2 rings (SSSR count). The average Bonchev–Trinajstić information content (AvgIpc) is 2.76. The Morgan fingerprint density at radius 3 is 1.86 bits per heavy atom. The summed E-state index contributed by atoms with van der Waals surface area (Å²) in [4.78, 5) is 25.6. The van der Waals surface area contributed by atoms with Crippen molar-refractivity contribution in [1.82, 2.24) is 5.32 Å². The van der Waals surface area contributed by atoms with E-state index in [0.29, 0.717) is 12.8 Å². The molecule has 0 radical (unpaired) electrons.